The zero-order valence-electron chi connectivity index (χ0n) is 11.1. The van der Waals surface area contributed by atoms with Crippen LogP contribution < -0.4 is 0 Å². The van der Waals surface area contributed by atoms with Gasteiger partial charge in [0.15, 0.2) is 0 Å². The maximum Gasteiger partial charge on any atom is 0.232 e. The van der Waals surface area contributed by atoms with Crippen molar-refractivity contribution < 1.29 is 4.79 Å². The van der Waals surface area contributed by atoms with Crippen molar-refractivity contribution in [2.24, 2.45) is 0 Å². The predicted octanol–water partition coefficient (Wildman–Crippen LogP) is 3.98. The van der Waals surface area contributed by atoms with Crippen molar-refractivity contribution in [3.05, 3.63) is 34.9 Å². The van der Waals surface area contributed by atoms with Crippen molar-refractivity contribution >= 4 is 29.3 Å². The highest BCUT2D eigenvalue weighted by Gasteiger charge is 2.15. The molecule has 2 rings (SSSR count). The fourth-order valence-corrected chi connectivity index (χ4v) is 3.49. The fourth-order valence-electron chi connectivity index (χ4n) is 2.28. The van der Waals surface area contributed by atoms with Gasteiger partial charge >= 0.3 is 0 Å². The molecule has 0 spiro atoms. The molecule has 104 valence electrons. The number of carbonyl (C=O) groups excluding carboxylic acids is 1. The van der Waals surface area contributed by atoms with Crippen LogP contribution in [0.25, 0.3) is 0 Å². The third-order valence-corrected chi connectivity index (χ3v) is 4.73. The summed E-state index contributed by atoms with van der Waals surface area (Å²) in [5.74, 6) is 1.64. The molecular formula is C15H20ClNOS. The molecular weight excluding hydrogens is 278 g/mol. The Labute approximate surface area is 124 Å². The Kier molecular flexibility index (Phi) is 6.05. The van der Waals surface area contributed by atoms with Gasteiger partial charge in [-0.3, -0.25) is 4.79 Å². The lowest BCUT2D eigenvalue weighted by molar-refractivity contribution is -0.128. The highest BCUT2D eigenvalue weighted by Crippen LogP contribution is 2.21. The average molecular weight is 298 g/mol. The number of likely N-dealkylation sites (tertiary alicyclic amines) is 1. The van der Waals surface area contributed by atoms with E-state index in [9.17, 15) is 4.79 Å². The largest absolute Gasteiger partial charge is 0.342 e. The second kappa shape index (κ2) is 7.81. The second-order valence-electron chi connectivity index (χ2n) is 4.88. The van der Waals surface area contributed by atoms with Crippen molar-refractivity contribution in [1.29, 1.82) is 0 Å². The molecule has 1 aromatic rings. The number of thioether (sulfide) groups is 1. The first-order valence-electron chi connectivity index (χ1n) is 6.86. The van der Waals surface area contributed by atoms with Crippen LogP contribution in [0.3, 0.4) is 0 Å². The van der Waals surface area contributed by atoms with Gasteiger partial charge in [-0.15, -0.1) is 11.8 Å². The van der Waals surface area contributed by atoms with Gasteiger partial charge in [-0.25, -0.2) is 0 Å². The van der Waals surface area contributed by atoms with E-state index >= 15 is 0 Å². The Bertz CT molecular complexity index is 416. The summed E-state index contributed by atoms with van der Waals surface area (Å²) in [4.78, 5) is 14.1. The van der Waals surface area contributed by atoms with Gasteiger partial charge < -0.3 is 4.90 Å². The lowest BCUT2D eigenvalue weighted by Crippen LogP contribution is -2.33. The topological polar surface area (TPSA) is 20.3 Å². The summed E-state index contributed by atoms with van der Waals surface area (Å²) >= 11 is 7.75. The Morgan fingerprint density at radius 3 is 2.53 bits per heavy atom. The monoisotopic (exact) mass is 297 g/mol. The SMILES string of the molecule is O=C(CSCc1ccccc1Cl)N1CCCCCC1. The number of nitrogens with zero attached hydrogens (tertiary/aromatic N) is 1. The van der Waals surface area contributed by atoms with Gasteiger partial charge in [0, 0.05) is 23.9 Å². The highest BCUT2D eigenvalue weighted by atomic mass is 35.5. The van der Waals surface area contributed by atoms with E-state index in [-0.39, 0.29) is 5.91 Å². The molecule has 0 aliphatic carbocycles. The lowest BCUT2D eigenvalue weighted by atomic mass is 10.2. The van der Waals surface area contributed by atoms with E-state index in [0.29, 0.717) is 5.75 Å². The van der Waals surface area contributed by atoms with Crippen LogP contribution in [0.15, 0.2) is 24.3 Å². The molecule has 0 radical (unpaired) electrons. The summed E-state index contributed by atoms with van der Waals surface area (Å²) < 4.78 is 0. The van der Waals surface area contributed by atoms with Gasteiger partial charge in [0.05, 0.1) is 5.75 Å². The zero-order chi connectivity index (χ0) is 13.5. The molecule has 1 aliphatic rings. The Balaban J connectivity index is 1.76. The minimum absolute atomic E-state index is 0.277. The number of halogens is 1. The molecule has 0 unspecified atom stereocenters. The molecule has 1 amide bonds. The van der Waals surface area contributed by atoms with Crippen LogP contribution in [0.1, 0.15) is 31.2 Å². The Hall–Kier alpha value is -0.670. The van der Waals surface area contributed by atoms with Crippen LogP contribution in [0.2, 0.25) is 5.02 Å². The van der Waals surface area contributed by atoms with Gasteiger partial charge in [0.1, 0.15) is 0 Å². The molecule has 4 heteroatoms. The van der Waals surface area contributed by atoms with Gasteiger partial charge in [-0.1, -0.05) is 42.6 Å². The number of carbonyl (C=O) groups is 1. The van der Waals surface area contributed by atoms with Crippen LogP contribution >= 0.6 is 23.4 Å². The van der Waals surface area contributed by atoms with Crippen LogP contribution in [0.5, 0.6) is 0 Å². The first-order chi connectivity index (χ1) is 9.27. The summed E-state index contributed by atoms with van der Waals surface area (Å²) in [5, 5.41) is 0.789. The van der Waals surface area contributed by atoms with E-state index in [0.717, 1.165) is 42.3 Å². The van der Waals surface area contributed by atoms with Crippen molar-refractivity contribution in [1.82, 2.24) is 4.90 Å². The van der Waals surface area contributed by atoms with E-state index in [1.165, 1.54) is 12.8 Å². The van der Waals surface area contributed by atoms with Crippen molar-refractivity contribution in [2.45, 2.75) is 31.4 Å². The second-order valence-corrected chi connectivity index (χ2v) is 6.27. The van der Waals surface area contributed by atoms with Crippen LogP contribution in [0.4, 0.5) is 0 Å². The first-order valence-corrected chi connectivity index (χ1v) is 8.39. The van der Waals surface area contributed by atoms with Crippen LogP contribution in [0, 0.1) is 0 Å². The molecule has 0 N–H and O–H groups in total. The molecule has 1 heterocycles. The van der Waals surface area contributed by atoms with Crippen molar-refractivity contribution in [2.75, 3.05) is 18.8 Å². The quantitative estimate of drug-likeness (QED) is 0.838. The van der Waals surface area contributed by atoms with E-state index in [1.807, 2.05) is 29.2 Å². The van der Waals surface area contributed by atoms with Gasteiger partial charge in [0.2, 0.25) is 5.91 Å². The highest BCUT2D eigenvalue weighted by molar-refractivity contribution is 7.99. The first kappa shape index (κ1) is 14.7. The molecule has 1 aromatic carbocycles. The maximum absolute atomic E-state index is 12.1. The Morgan fingerprint density at radius 1 is 1.16 bits per heavy atom. The van der Waals surface area contributed by atoms with Crippen molar-refractivity contribution in [3.8, 4) is 0 Å². The smallest absolute Gasteiger partial charge is 0.232 e. The standard InChI is InChI=1S/C15H20ClNOS/c16-14-8-4-3-7-13(14)11-19-12-15(18)17-9-5-1-2-6-10-17/h3-4,7-8H,1-2,5-6,9-12H2. The van der Waals surface area contributed by atoms with E-state index in [2.05, 4.69) is 0 Å². The maximum atomic E-state index is 12.1. The minimum atomic E-state index is 0.277. The summed E-state index contributed by atoms with van der Waals surface area (Å²) in [6, 6.07) is 7.83. The van der Waals surface area contributed by atoms with Crippen molar-refractivity contribution in [3.63, 3.8) is 0 Å². The van der Waals surface area contributed by atoms with E-state index < -0.39 is 0 Å². The predicted molar refractivity (Wildman–Crippen MR) is 82.7 cm³/mol. The van der Waals surface area contributed by atoms with E-state index in [4.69, 9.17) is 11.6 Å². The lowest BCUT2D eigenvalue weighted by Gasteiger charge is -2.20. The molecule has 1 saturated heterocycles. The van der Waals surface area contributed by atoms with Crippen LogP contribution in [-0.2, 0) is 10.5 Å². The number of amides is 1. The van der Waals surface area contributed by atoms with Gasteiger partial charge in [0.25, 0.3) is 0 Å². The minimum Gasteiger partial charge on any atom is -0.342 e. The zero-order valence-corrected chi connectivity index (χ0v) is 12.7. The average Bonchev–Trinajstić information content (AvgIpc) is 2.70. The molecule has 0 bridgehead atoms. The number of hydrogen-bond acceptors (Lipinski definition) is 2. The number of hydrogen-bond donors (Lipinski definition) is 0. The third kappa shape index (κ3) is 4.73. The van der Waals surface area contributed by atoms with Gasteiger partial charge in [-0.2, -0.15) is 0 Å². The summed E-state index contributed by atoms with van der Waals surface area (Å²) in [6.07, 6.45) is 4.83. The molecule has 1 aliphatic heterocycles. The molecule has 19 heavy (non-hydrogen) atoms. The number of benzene rings is 1. The Morgan fingerprint density at radius 2 is 1.84 bits per heavy atom. The normalized spacial score (nSPS) is 16.2. The molecule has 2 nitrogen and oxygen atoms in total. The third-order valence-electron chi connectivity index (χ3n) is 3.40. The molecule has 1 fully saturated rings. The van der Waals surface area contributed by atoms with E-state index in [1.54, 1.807) is 11.8 Å². The summed E-state index contributed by atoms with van der Waals surface area (Å²) in [6.45, 7) is 1.87. The summed E-state index contributed by atoms with van der Waals surface area (Å²) in [7, 11) is 0. The summed E-state index contributed by atoms with van der Waals surface area (Å²) in [5.41, 5.74) is 1.11. The van der Waals surface area contributed by atoms with Crippen LogP contribution in [-0.4, -0.2) is 29.6 Å². The fraction of sp³-hybridized carbons (Fsp3) is 0.533. The molecule has 0 atom stereocenters. The van der Waals surface area contributed by atoms with Gasteiger partial charge in [-0.05, 0) is 24.5 Å². The number of rotatable bonds is 4. The molecule has 0 saturated carbocycles. The molecule has 0 aromatic heterocycles.